The van der Waals surface area contributed by atoms with Crippen molar-refractivity contribution in [1.82, 2.24) is 9.55 Å². The van der Waals surface area contributed by atoms with E-state index in [-0.39, 0.29) is 17.1 Å². The highest BCUT2D eigenvalue weighted by molar-refractivity contribution is 5.99. The lowest BCUT2D eigenvalue weighted by Crippen LogP contribution is -2.05. The molecule has 0 saturated carbocycles. The predicted octanol–water partition coefficient (Wildman–Crippen LogP) is 3.22. The molecule has 0 radical (unpaired) electrons. The van der Waals surface area contributed by atoms with Crippen LogP contribution in [0.4, 0.5) is 8.78 Å². The summed E-state index contributed by atoms with van der Waals surface area (Å²) in [6.45, 7) is 4.53. The van der Waals surface area contributed by atoms with Crippen LogP contribution in [0.15, 0.2) is 12.1 Å². The van der Waals surface area contributed by atoms with Crippen LogP contribution in [0.1, 0.15) is 36.1 Å². The molecule has 0 aliphatic rings. The lowest BCUT2D eigenvalue weighted by Gasteiger charge is -2.11. The molecule has 0 saturated heterocycles. The molecule has 1 heterocycles. The summed E-state index contributed by atoms with van der Waals surface area (Å²) in [6.07, 6.45) is 0. The number of Topliss-reactive ketones (excluding diaryl/α,β-unsaturated/α-hetero) is 1. The average Bonchev–Trinajstić information content (AvgIpc) is 2.64. The van der Waals surface area contributed by atoms with E-state index >= 15 is 0 Å². The third-order valence-electron chi connectivity index (χ3n) is 2.88. The number of carbonyl (C=O) groups is 1. The number of fused-ring (bicyclic) bond motifs is 1. The minimum Gasteiger partial charge on any atom is -0.326 e. The highest BCUT2D eigenvalue weighted by atomic mass is 19.1. The highest BCUT2D eigenvalue weighted by Gasteiger charge is 2.17. The normalized spacial score (nSPS) is 11.4. The fourth-order valence-corrected chi connectivity index (χ4v) is 2.16. The Morgan fingerprint density at radius 1 is 1.44 bits per heavy atom. The summed E-state index contributed by atoms with van der Waals surface area (Å²) in [4.78, 5) is 15.5. The SMILES string of the molecule is Cc1nc2c(F)cc(C(=O)CF)cc2n1C(C)C. The lowest BCUT2D eigenvalue weighted by molar-refractivity contribution is 0.0958. The van der Waals surface area contributed by atoms with E-state index in [0.29, 0.717) is 11.3 Å². The van der Waals surface area contributed by atoms with E-state index in [0.717, 1.165) is 6.07 Å². The molecular weight excluding hydrogens is 238 g/mol. The van der Waals surface area contributed by atoms with Gasteiger partial charge in [0.05, 0.1) is 5.52 Å². The second-order valence-electron chi connectivity index (χ2n) is 4.51. The summed E-state index contributed by atoms with van der Waals surface area (Å²) < 4.78 is 28.1. The Morgan fingerprint density at radius 2 is 2.11 bits per heavy atom. The van der Waals surface area contributed by atoms with Gasteiger partial charge in [-0.3, -0.25) is 4.79 Å². The summed E-state index contributed by atoms with van der Waals surface area (Å²) in [5, 5.41) is 0. The maximum atomic E-state index is 13.8. The van der Waals surface area contributed by atoms with Gasteiger partial charge in [0, 0.05) is 11.6 Å². The number of ketones is 1. The Bertz CT molecular complexity index is 617. The molecule has 1 aromatic carbocycles. The van der Waals surface area contributed by atoms with Crippen LogP contribution in [0.2, 0.25) is 0 Å². The van der Waals surface area contributed by atoms with Crippen molar-refractivity contribution in [3.05, 3.63) is 29.3 Å². The summed E-state index contributed by atoms with van der Waals surface area (Å²) >= 11 is 0. The second-order valence-corrected chi connectivity index (χ2v) is 4.51. The second kappa shape index (κ2) is 4.48. The molecule has 0 N–H and O–H groups in total. The van der Waals surface area contributed by atoms with Crippen LogP contribution in [0.3, 0.4) is 0 Å². The molecule has 0 atom stereocenters. The van der Waals surface area contributed by atoms with Crippen molar-refractivity contribution in [2.45, 2.75) is 26.8 Å². The Labute approximate surface area is 103 Å². The number of aromatic nitrogens is 2. The predicted molar refractivity (Wildman–Crippen MR) is 65.1 cm³/mol. The van der Waals surface area contributed by atoms with E-state index in [1.807, 2.05) is 18.4 Å². The molecule has 18 heavy (non-hydrogen) atoms. The Hall–Kier alpha value is -1.78. The Balaban J connectivity index is 2.76. The maximum Gasteiger partial charge on any atom is 0.193 e. The molecule has 0 fully saturated rings. The van der Waals surface area contributed by atoms with Crippen molar-refractivity contribution in [1.29, 1.82) is 0 Å². The molecule has 1 aromatic heterocycles. The van der Waals surface area contributed by atoms with Crippen LogP contribution >= 0.6 is 0 Å². The van der Waals surface area contributed by atoms with Gasteiger partial charge in [-0.1, -0.05) is 0 Å². The molecule has 0 amide bonds. The van der Waals surface area contributed by atoms with Gasteiger partial charge >= 0.3 is 0 Å². The Kier molecular flexibility index (Phi) is 3.15. The maximum absolute atomic E-state index is 13.8. The number of alkyl halides is 1. The number of aryl methyl sites for hydroxylation is 1. The van der Waals surface area contributed by atoms with Crippen molar-refractivity contribution in [2.24, 2.45) is 0 Å². The molecular formula is C13H14F2N2O. The zero-order valence-electron chi connectivity index (χ0n) is 10.5. The van der Waals surface area contributed by atoms with E-state index in [1.54, 1.807) is 6.92 Å². The van der Waals surface area contributed by atoms with Gasteiger partial charge in [0.2, 0.25) is 0 Å². The van der Waals surface area contributed by atoms with E-state index in [1.165, 1.54) is 6.07 Å². The third kappa shape index (κ3) is 1.89. The number of hydrogen-bond acceptors (Lipinski definition) is 2. The summed E-state index contributed by atoms with van der Waals surface area (Å²) in [5.41, 5.74) is 0.792. The zero-order valence-corrected chi connectivity index (χ0v) is 10.5. The summed E-state index contributed by atoms with van der Waals surface area (Å²) in [6, 6.07) is 2.63. The lowest BCUT2D eigenvalue weighted by atomic mass is 10.1. The first-order valence-corrected chi connectivity index (χ1v) is 5.73. The minimum absolute atomic E-state index is 0.0456. The van der Waals surface area contributed by atoms with E-state index in [4.69, 9.17) is 0 Å². The molecule has 2 rings (SSSR count). The first-order chi connectivity index (χ1) is 8.45. The van der Waals surface area contributed by atoms with Gasteiger partial charge in [-0.25, -0.2) is 13.8 Å². The Morgan fingerprint density at radius 3 is 2.67 bits per heavy atom. The number of hydrogen-bond donors (Lipinski definition) is 0. The molecule has 3 nitrogen and oxygen atoms in total. The molecule has 0 unspecified atom stereocenters. The van der Waals surface area contributed by atoms with Gasteiger partial charge in [0.1, 0.15) is 11.3 Å². The van der Waals surface area contributed by atoms with Crippen LogP contribution in [0.25, 0.3) is 11.0 Å². The largest absolute Gasteiger partial charge is 0.326 e. The van der Waals surface area contributed by atoms with Crippen molar-refractivity contribution in [3.8, 4) is 0 Å². The van der Waals surface area contributed by atoms with E-state index < -0.39 is 18.3 Å². The number of nitrogens with zero attached hydrogens (tertiary/aromatic N) is 2. The molecule has 0 aliphatic heterocycles. The van der Waals surface area contributed by atoms with E-state index in [2.05, 4.69) is 4.98 Å². The number of imidazole rings is 1. The first kappa shape index (κ1) is 12.7. The van der Waals surface area contributed by atoms with Gasteiger partial charge in [0.25, 0.3) is 0 Å². The van der Waals surface area contributed by atoms with Gasteiger partial charge in [-0.15, -0.1) is 0 Å². The molecule has 0 aliphatic carbocycles. The van der Waals surface area contributed by atoms with Crippen molar-refractivity contribution >= 4 is 16.8 Å². The highest BCUT2D eigenvalue weighted by Crippen LogP contribution is 2.24. The van der Waals surface area contributed by atoms with Crippen LogP contribution in [-0.4, -0.2) is 22.0 Å². The van der Waals surface area contributed by atoms with Crippen LogP contribution in [0.5, 0.6) is 0 Å². The number of benzene rings is 1. The minimum atomic E-state index is -1.13. The van der Waals surface area contributed by atoms with Crippen molar-refractivity contribution < 1.29 is 13.6 Å². The zero-order chi connectivity index (χ0) is 13.4. The number of rotatable bonds is 3. The van der Waals surface area contributed by atoms with Crippen molar-refractivity contribution in [3.63, 3.8) is 0 Å². The van der Waals surface area contributed by atoms with Crippen LogP contribution in [0, 0.1) is 12.7 Å². The van der Waals surface area contributed by atoms with E-state index in [9.17, 15) is 13.6 Å². The number of carbonyl (C=O) groups excluding carboxylic acids is 1. The number of halogens is 2. The summed E-state index contributed by atoms with van der Waals surface area (Å²) in [5.74, 6) is -0.638. The first-order valence-electron chi connectivity index (χ1n) is 5.73. The van der Waals surface area contributed by atoms with Gasteiger partial charge < -0.3 is 4.57 Å². The van der Waals surface area contributed by atoms with Crippen LogP contribution < -0.4 is 0 Å². The van der Waals surface area contributed by atoms with Gasteiger partial charge in [-0.05, 0) is 32.9 Å². The van der Waals surface area contributed by atoms with Gasteiger partial charge in [0.15, 0.2) is 18.3 Å². The standard InChI is InChI=1S/C13H14F2N2O/c1-7(2)17-8(3)16-13-10(15)4-9(5-11(13)17)12(18)6-14/h4-5,7H,6H2,1-3H3. The van der Waals surface area contributed by atoms with Crippen LogP contribution in [-0.2, 0) is 0 Å². The monoisotopic (exact) mass is 252 g/mol. The molecule has 5 heteroatoms. The summed E-state index contributed by atoms with van der Waals surface area (Å²) in [7, 11) is 0. The smallest absolute Gasteiger partial charge is 0.193 e. The molecule has 0 bridgehead atoms. The van der Waals surface area contributed by atoms with Crippen molar-refractivity contribution in [2.75, 3.05) is 6.67 Å². The third-order valence-corrected chi connectivity index (χ3v) is 2.88. The fraction of sp³-hybridized carbons (Fsp3) is 0.385. The quantitative estimate of drug-likeness (QED) is 0.786. The average molecular weight is 252 g/mol. The topological polar surface area (TPSA) is 34.9 Å². The fourth-order valence-electron chi connectivity index (χ4n) is 2.16. The molecule has 0 spiro atoms. The molecule has 96 valence electrons. The van der Waals surface area contributed by atoms with Gasteiger partial charge in [-0.2, -0.15) is 0 Å². The molecule has 2 aromatic rings.